The van der Waals surface area contributed by atoms with Gasteiger partial charge in [-0.15, -0.1) is 0 Å². The third kappa shape index (κ3) is 1.87. The Labute approximate surface area is 115 Å². The highest BCUT2D eigenvalue weighted by molar-refractivity contribution is 6.69. The molecule has 0 unspecified atom stereocenters. The maximum absolute atomic E-state index is 6.20. The molecule has 0 N–H and O–H groups in total. The number of benzene rings is 1. The number of fused-ring (bicyclic) bond motifs is 1. The van der Waals surface area contributed by atoms with Crippen LogP contribution in [0.15, 0.2) is 29.8 Å². The molecule has 0 radical (unpaired) electrons. The molecule has 0 spiro atoms. The predicted octanol–water partition coefficient (Wildman–Crippen LogP) is 3.65. The summed E-state index contributed by atoms with van der Waals surface area (Å²) >= 11 is 0. The highest BCUT2D eigenvalue weighted by Crippen LogP contribution is 2.44. The number of hydrogen-bond donors (Lipinski definition) is 0. The molecule has 0 bridgehead atoms. The largest absolute Gasteiger partial charge is 0.495 e. The summed E-state index contributed by atoms with van der Waals surface area (Å²) in [5.41, 5.74) is 4.71. The molecule has 1 aliphatic heterocycles. The predicted molar refractivity (Wildman–Crippen MR) is 78.8 cm³/mol. The molecule has 1 fully saturated rings. The van der Waals surface area contributed by atoms with Gasteiger partial charge in [-0.2, -0.15) is 0 Å². The van der Waals surface area contributed by atoms with Gasteiger partial charge in [0.25, 0.3) is 0 Å². The zero-order chi connectivity index (χ0) is 13.8. The Balaban J connectivity index is 1.99. The summed E-state index contributed by atoms with van der Waals surface area (Å²) in [6, 6.07) is 8.55. The van der Waals surface area contributed by atoms with Crippen LogP contribution in [0.5, 0.6) is 0 Å². The molecule has 2 nitrogen and oxygen atoms in total. The van der Waals surface area contributed by atoms with Crippen LogP contribution < -0.4 is 0 Å². The summed E-state index contributed by atoms with van der Waals surface area (Å²) in [6.07, 6.45) is 1.01. The molecule has 1 saturated heterocycles. The van der Waals surface area contributed by atoms with Gasteiger partial charge in [0.1, 0.15) is 0 Å². The minimum Gasteiger partial charge on any atom is -0.399 e. The fourth-order valence-electron chi connectivity index (χ4n) is 2.84. The highest BCUT2D eigenvalue weighted by Gasteiger charge is 2.53. The number of hydrogen-bond acceptors (Lipinski definition) is 2. The van der Waals surface area contributed by atoms with Crippen LogP contribution >= 0.6 is 0 Å². The molecule has 1 aromatic rings. The Morgan fingerprint density at radius 2 is 1.58 bits per heavy atom. The zero-order valence-electron chi connectivity index (χ0n) is 12.4. The van der Waals surface area contributed by atoms with Gasteiger partial charge in [0.15, 0.2) is 0 Å². The van der Waals surface area contributed by atoms with Gasteiger partial charge in [-0.05, 0) is 57.6 Å². The molecule has 1 aromatic carbocycles. The molecule has 0 amide bonds. The van der Waals surface area contributed by atoms with E-state index in [9.17, 15) is 0 Å². The summed E-state index contributed by atoms with van der Waals surface area (Å²) in [5, 5.41) is 0. The quantitative estimate of drug-likeness (QED) is 0.714. The van der Waals surface area contributed by atoms with Crippen LogP contribution in [0.3, 0.4) is 0 Å². The molecular formula is C16H21BO2. The molecular weight excluding hydrogens is 235 g/mol. The fourth-order valence-corrected chi connectivity index (χ4v) is 2.84. The summed E-state index contributed by atoms with van der Waals surface area (Å²) in [7, 11) is -0.242. The Bertz CT molecular complexity index is 542. The second kappa shape index (κ2) is 3.97. The van der Waals surface area contributed by atoms with Crippen LogP contribution in [0.2, 0.25) is 0 Å². The van der Waals surface area contributed by atoms with Gasteiger partial charge in [-0.25, -0.2) is 0 Å². The van der Waals surface area contributed by atoms with E-state index < -0.39 is 0 Å². The van der Waals surface area contributed by atoms with Gasteiger partial charge in [-0.1, -0.05) is 29.8 Å². The van der Waals surface area contributed by atoms with Gasteiger partial charge in [-0.3, -0.25) is 0 Å². The lowest BCUT2D eigenvalue weighted by Gasteiger charge is -2.32. The van der Waals surface area contributed by atoms with E-state index >= 15 is 0 Å². The SMILES string of the molecule is CC1=C(B2OC(C)(C)C(C)(C)O2)c2ccccc2C1. The van der Waals surface area contributed by atoms with Crippen molar-refractivity contribution in [2.45, 2.75) is 52.2 Å². The standard InChI is InChI=1S/C16H21BO2/c1-11-10-12-8-6-7-9-13(12)14(11)17-18-15(2,3)16(4,5)19-17/h6-9H,10H2,1-5H3. The van der Waals surface area contributed by atoms with Gasteiger partial charge >= 0.3 is 7.12 Å². The van der Waals surface area contributed by atoms with Crippen LogP contribution in [0.1, 0.15) is 45.7 Å². The van der Waals surface area contributed by atoms with Crippen LogP contribution in [0.4, 0.5) is 0 Å². The maximum Gasteiger partial charge on any atom is 0.495 e. The van der Waals surface area contributed by atoms with Gasteiger partial charge in [0.05, 0.1) is 11.2 Å². The van der Waals surface area contributed by atoms with E-state index in [1.165, 1.54) is 22.2 Å². The molecule has 2 aliphatic rings. The van der Waals surface area contributed by atoms with Crippen LogP contribution in [0, 0.1) is 0 Å². The van der Waals surface area contributed by atoms with Crippen molar-refractivity contribution >= 4 is 12.6 Å². The lowest BCUT2D eigenvalue weighted by molar-refractivity contribution is 0.00578. The zero-order valence-corrected chi connectivity index (χ0v) is 12.4. The van der Waals surface area contributed by atoms with Crippen molar-refractivity contribution < 1.29 is 9.31 Å². The molecule has 0 atom stereocenters. The van der Waals surface area contributed by atoms with Crippen molar-refractivity contribution in [3.63, 3.8) is 0 Å². The topological polar surface area (TPSA) is 18.5 Å². The average Bonchev–Trinajstić information content (AvgIpc) is 2.72. The first-order valence-electron chi connectivity index (χ1n) is 6.95. The van der Waals surface area contributed by atoms with E-state index in [0.717, 1.165) is 6.42 Å². The Morgan fingerprint density at radius 3 is 2.21 bits per heavy atom. The van der Waals surface area contributed by atoms with E-state index in [0.29, 0.717) is 0 Å². The van der Waals surface area contributed by atoms with Crippen LogP contribution in [-0.4, -0.2) is 18.3 Å². The molecule has 0 aromatic heterocycles. The van der Waals surface area contributed by atoms with Crippen molar-refractivity contribution in [3.05, 3.63) is 41.0 Å². The monoisotopic (exact) mass is 256 g/mol. The van der Waals surface area contributed by atoms with E-state index in [1.54, 1.807) is 0 Å². The van der Waals surface area contributed by atoms with Crippen molar-refractivity contribution in [1.29, 1.82) is 0 Å². The minimum absolute atomic E-state index is 0.242. The molecule has 19 heavy (non-hydrogen) atoms. The van der Waals surface area contributed by atoms with Gasteiger partial charge in [0.2, 0.25) is 0 Å². The lowest BCUT2D eigenvalue weighted by Crippen LogP contribution is -2.41. The summed E-state index contributed by atoms with van der Waals surface area (Å²) < 4.78 is 12.4. The Hall–Kier alpha value is -1.06. The second-order valence-corrected chi connectivity index (χ2v) is 6.62. The third-order valence-electron chi connectivity index (χ3n) is 4.71. The van der Waals surface area contributed by atoms with E-state index in [-0.39, 0.29) is 18.3 Å². The van der Waals surface area contributed by atoms with Crippen molar-refractivity contribution in [2.24, 2.45) is 0 Å². The normalized spacial score (nSPS) is 23.9. The van der Waals surface area contributed by atoms with E-state index in [4.69, 9.17) is 9.31 Å². The van der Waals surface area contributed by atoms with Crippen molar-refractivity contribution in [3.8, 4) is 0 Å². The van der Waals surface area contributed by atoms with E-state index in [1.807, 2.05) is 0 Å². The summed E-state index contributed by atoms with van der Waals surface area (Å²) in [6.45, 7) is 10.6. The summed E-state index contributed by atoms with van der Waals surface area (Å²) in [5.74, 6) is 0. The van der Waals surface area contributed by atoms with Crippen LogP contribution in [-0.2, 0) is 15.7 Å². The first-order valence-corrected chi connectivity index (χ1v) is 6.95. The average molecular weight is 256 g/mol. The fraction of sp³-hybridized carbons (Fsp3) is 0.500. The molecule has 100 valence electrons. The molecule has 1 heterocycles. The molecule has 1 aliphatic carbocycles. The minimum atomic E-state index is -0.275. The Kier molecular flexibility index (Phi) is 2.71. The first kappa shape index (κ1) is 13.0. The molecule has 0 saturated carbocycles. The van der Waals surface area contributed by atoms with Crippen LogP contribution in [0.25, 0.3) is 5.47 Å². The lowest BCUT2D eigenvalue weighted by atomic mass is 9.73. The number of allylic oxidation sites excluding steroid dienone is 1. The first-order chi connectivity index (χ1) is 8.82. The van der Waals surface area contributed by atoms with Gasteiger partial charge < -0.3 is 9.31 Å². The van der Waals surface area contributed by atoms with Crippen molar-refractivity contribution in [1.82, 2.24) is 0 Å². The molecule has 3 rings (SSSR count). The number of rotatable bonds is 1. The highest BCUT2D eigenvalue weighted by atomic mass is 16.7. The smallest absolute Gasteiger partial charge is 0.399 e. The second-order valence-electron chi connectivity index (χ2n) is 6.62. The third-order valence-corrected chi connectivity index (χ3v) is 4.71. The molecule has 3 heteroatoms. The van der Waals surface area contributed by atoms with Gasteiger partial charge in [0, 0.05) is 0 Å². The van der Waals surface area contributed by atoms with Crippen molar-refractivity contribution in [2.75, 3.05) is 0 Å². The maximum atomic E-state index is 6.20. The van der Waals surface area contributed by atoms with E-state index in [2.05, 4.69) is 58.9 Å². The Morgan fingerprint density at radius 1 is 1.00 bits per heavy atom. The summed E-state index contributed by atoms with van der Waals surface area (Å²) in [4.78, 5) is 0.